The number of pyridine rings is 1. The van der Waals surface area contributed by atoms with Gasteiger partial charge in [-0.2, -0.15) is 0 Å². The molecule has 3 rings (SSSR count). The van der Waals surface area contributed by atoms with Crippen LogP contribution in [0.5, 0.6) is 5.88 Å². The molecule has 0 radical (unpaired) electrons. The van der Waals surface area contributed by atoms with Crippen molar-refractivity contribution in [2.45, 2.75) is 32.6 Å². The van der Waals surface area contributed by atoms with Crippen molar-refractivity contribution in [2.24, 2.45) is 11.8 Å². The van der Waals surface area contributed by atoms with Crippen LogP contribution in [-0.2, 0) is 19.1 Å². The van der Waals surface area contributed by atoms with Crippen molar-refractivity contribution in [1.82, 2.24) is 9.88 Å². The van der Waals surface area contributed by atoms with Gasteiger partial charge in [0.2, 0.25) is 11.8 Å². The van der Waals surface area contributed by atoms with Gasteiger partial charge < -0.3 is 19.7 Å². The molecule has 2 amide bonds. The first-order chi connectivity index (χ1) is 13.1. The summed E-state index contributed by atoms with van der Waals surface area (Å²) in [4.78, 5) is 41.5. The predicted octanol–water partition coefficient (Wildman–Crippen LogP) is 1.61. The van der Waals surface area contributed by atoms with E-state index in [0.29, 0.717) is 44.1 Å². The van der Waals surface area contributed by atoms with E-state index in [1.54, 1.807) is 24.0 Å². The molecule has 8 heteroatoms. The van der Waals surface area contributed by atoms with Crippen LogP contribution in [0.15, 0.2) is 18.3 Å². The van der Waals surface area contributed by atoms with Gasteiger partial charge in [-0.05, 0) is 38.7 Å². The van der Waals surface area contributed by atoms with Crippen molar-refractivity contribution < 1.29 is 23.9 Å². The fourth-order valence-electron chi connectivity index (χ4n) is 2.98. The van der Waals surface area contributed by atoms with Crippen LogP contribution in [0.1, 0.15) is 32.6 Å². The molecule has 2 aliphatic rings. The smallest absolute Gasteiger partial charge is 0.309 e. The van der Waals surface area contributed by atoms with Gasteiger partial charge in [0.25, 0.3) is 5.91 Å². The normalized spacial score (nSPS) is 17.3. The SMILES string of the molecule is CCOC(=O)C1CCN(C(=O)COc2ccc(NC(=O)C3CC3)cn2)CC1. The first-order valence-corrected chi connectivity index (χ1v) is 9.41. The first-order valence-electron chi connectivity index (χ1n) is 9.41. The Morgan fingerprint density at radius 1 is 1.15 bits per heavy atom. The predicted molar refractivity (Wildman–Crippen MR) is 97.0 cm³/mol. The average Bonchev–Trinajstić information content (AvgIpc) is 3.53. The molecule has 0 atom stereocenters. The molecule has 2 fully saturated rings. The zero-order valence-corrected chi connectivity index (χ0v) is 15.5. The highest BCUT2D eigenvalue weighted by molar-refractivity contribution is 5.93. The molecule has 146 valence electrons. The number of aromatic nitrogens is 1. The zero-order valence-electron chi connectivity index (χ0n) is 15.5. The third-order valence-electron chi connectivity index (χ3n) is 4.76. The van der Waals surface area contributed by atoms with Gasteiger partial charge in [-0.3, -0.25) is 14.4 Å². The van der Waals surface area contributed by atoms with Crippen LogP contribution in [0.25, 0.3) is 0 Å². The van der Waals surface area contributed by atoms with Gasteiger partial charge in [-0.15, -0.1) is 0 Å². The number of esters is 1. The van der Waals surface area contributed by atoms with Crippen LogP contribution >= 0.6 is 0 Å². The van der Waals surface area contributed by atoms with Crippen molar-refractivity contribution in [3.63, 3.8) is 0 Å². The van der Waals surface area contributed by atoms with Gasteiger partial charge in [-0.25, -0.2) is 4.98 Å². The van der Waals surface area contributed by atoms with E-state index >= 15 is 0 Å². The molecule has 0 aromatic carbocycles. The summed E-state index contributed by atoms with van der Waals surface area (Å²) < 4.78 is 10.5. The van der Waals surface area contributed by atoms with E-state index in [4.69, 9.17) is 9.47 Å². The highest BCUT2D eigenvalue weighted by Gasteiger charge is 2.30. The summed E-state index contributed by atoms with van der Waals surface area (Å²) in [6, 6.07) is 3.33. The summed E-state index contributed by atoms with van der Waals surface area (Å²) in [7, 11) is 0. The lowest BCUT2D eigenvalue weighted by Crippen LogP contribution is -2.42. The second kappa shape index (κ2) is 8.83. The van der Waals surface area contributed by atoms with E-state index in [2.05, 4.69) is 10.3 Å². The van der Waals surface area contributed by atoms with E-state index in [1.165, 1.54) is 6.20 Å². The highest BCUT2D eigenvalue weighted by atomic mass is 16.5. The number of likely N-dealkylation sites (tertiary alicyclic amines) is 1. The molecular formula is C19H25N3O5. The molecule has 8 nitrogen and oxygen atoms in total. The summed E-state index contributed by atoms with van der Waals surface area (Å²) in [5.41, 5.74) is 0.617. The van der Waals surface area contributed by atoms with Gasteiger partial charge >= 0.3 is 5.97 Å². The van der Waals surface area contributed by atoms with Crippen LogP contribution in [0.4, 0.5) is 5.69 Å². The van der Waals surface area contributed by atoms with Crippen LogP contribution in [0.2, 0.25) is 0 Å². The summed E-state index contributed by atoms with van der Waals surface area (Å²) in [5.74, 6) is 0.0340. The fraction of sp³-hybridized carbons (Fsp3) is 0.579. The molecule has 0 bridgehead atoms. The highest BCUT2D eigenvalue weighted by Crippen LogP contribution is 2.30. The minimum Gasteiger partial charge on any atom is -0.468 e. The Morgan fingerprint density at radius 3 is 2.48 bits per heavy atom. The third kappa shape index (κ3) is 5.42. The Labute approximate surface area is 158 Å². The van der Waals surface area contributed by atoms with Crippen molar-refractivity contribution in [3.8, 4) is 5.88 Å². The Bertz CT molecular complexity index is 679. The van der Waals surface area contributed by atoms with Gasteiger partial charge in [0, 0.05) is 25.1 Å². The number of anilines is 1. The number of rotatable bonds is 7. The standard InChI is InChI=1S/C19H25N3O5/c1-2-26-19(25)14-7-9-22(10-8-14)17(23)12-27-16-6-5-15(11-20-16)21-18(24)13-3-4-13/h5-6,11,13-14H,2-4,7-10,12H2,1H3,(H,21,24). The lowest BCUT2D eigenvalue weighted by molar-refractivity contribution is -0.151. The van der Waals surface area contributed by atoms with Crippen molar-refractivity contribution in [2.75, 3.05) is 31.6 Å². The van der Waals surface area contributed by atoms with E-state index < -0.39 is 0 Å². The molecule has 1 saturated carbocycles. The lowest BCUT2D eigenvalue weighted by Gasteiger charge is -2.30. The van der Waals surface area contributed by atoms with Crippen molar-refractivity contribution >= 4 is 23.5 Å². The Hall–Kier alpha value is -2.64. The number of piperidine rings is 1. The maximum atomic E-state index is 12.3. The van der Waals surface area contributed by atoms with Crippen LogP contribution in [-0.4, -0.2) is 54.0 Å². The molecule has 27 heavy (non-hydrogen) atoms. The lowest BCUT2D eigenvalue weighted by atomic mass is 9.97. The zero-order chi connectivity index (χ0) is 19.2. The van der Waals surface area contributed by atoms with Gasteiger partial charge in [-0.1, -0.05) is 0 Å². The first kappa shape index (κ1) is 19.1. The van der Waals surface area contributed by atoms with E-state index in [-0.39, 0.29) is 36.2 Å². The monoisotopic (exact) mass is 375 g/mol. The molecule has 1 aromatic heterocycles. The molecule has 1 aliphatic heterocycles. The molecule has 2 heterocycles. The summed E-state index contributed by atoms with van der Waals surface area (Å²) in [5, 5.41) is 2.80. The molecule has 0 spiro atoms. The maximum Gasteiger partial charge on any atom is 0.309 e. The van der Waals surface area contributed by atoms with Crippen LogP contribution in [0.3, 0.4) is 0 Å². The molecule has 1 saturated heterocycles. The maximum absolute atomic E-state index is 12.3. The number of hydrogen-bond acceptors (Lipinski definition) is 6. The molecular weight excluding hydrogens is 350 g/mol. The number of hydrogen-bond donors (Lipinski definition) is 1. The Balaban J connectivity index is 1.40. The topological polar surface area (TPSA) is 97.8 Å². The summed E-state index contributed by atoms with van der Waals surface area (Å²) >= 11 is 0. The average molecular weight is 375 g/mol. The summed E-state index contributed by atoms with van der Waals surface area (Å²) in [6.45, 7) is 3.10. The van der Waals surface area contributed by atoms with Crippen LogP contribution < -0.4 is 10.1 Å². The van der Waals surface area contributed by atoms with Crippen molar-refractivity contribution in [1.29, 1.82) is 0 Å². The van der Waals surface area contributed by atoms with E-state index in [0.717, 1.165) is 12.8 Å². The van der Waals surface area contributed by atoms with Gasteiger partial charge in [0.15, 0.2) is 6.61 Å². The minimum absolute atomic E-state index is 0.0202. The number of carbonyl (C=O) groups excluding carboxylic acids is 3. The Morgan fingerprint density at radius 2 is 1.89 bits per heavy atom. The van der Waals surface area contributed by atoms with E-state index in [9.17, 15) is 14.4 Å². The summed E-state index contributed by atoms with van der Waals surface area (Å²) in [6.07, 6.45) is 4.63. The van der Waals surface area contributed by atoms with Crippen LogP contribution in [0, 0.1) is 11.8 Å². The number of carbonyl (C=O) groups is 3. The molecule has 0 unspecified atom stereocenters. The molecule has 1 N–H and O–H groups in total. The quantitative estimate of drug-likeness (QED) is 0.727. The second-order valence-electron chi connectivity index (χ2n) is 6.84. The van der Waals surface area contributed by atoms with Crippen molar-refractivity contribution in [3.05, 3.63) is 18.3 Å². The van der Waals surface area contributed by atoms with E-state index in [1.807, 2.05) is 0 Å². The van der Waals surface area contributed by atoms with Gasteiger partial charge in [0.1, 0.15) is 0 Å². The number of nitrogens with one attached hydrogen (secondary N) is 1. The molecule has 1 aliphatic carbocycles. The number of amides is 2. The van der Waals surface area contributed by atoms with Gasteiger partial charge in [0.05, 0.1) is 24.4 Å². The largest absolute Gasteiger partial charge is 0.468 e. The molecule has 1 aromatic rings. The third-order valence-corrected chi connectivity index (χ3v) is 4.76. The minimum atomic E-state index is -0.182. The fourth-order valence-corrected chi connectivity index (χ4v) is 2.98. The second-order valence-corrected chi connectivity index (χ2v) is 6.84. The number of nitrogens with zero attached hydrogens (tertiary/aromatic N) is 2. The Kier molecular flexibility index (Phi) is 6.26. The number of ether oxygens (including phenoxy) is 2.